The standard InChI is InChI=1S/C9H13NO2S/c1-7(5-9(10)13)12-6-8-3-2-4-11-8/h2-4,7H,5-6H2,1H3,(H2,10,13). The van der Waals surface area contributed by atoms with Gasteiger partial charge in [0.05, 0.1) is 17.4 Å². The first-order chi connectivity index (χ1) is 6.18. The molecule has 0 aliphatic heterocycles. The highest BCUT2D eigenvalue weighted by atomic mass is 32.1. The van der Waals surface area contributed by atoms with Gasteiger partial charge < -0.3 is 14.9 Å². The van der Waals surface area contributed by atoms with Gasteiger partial charge in [0.25, 0.3) is 0 Å². The third kappa shape index (κ3) is 4.05. The Morgan fingerprint density at radius 2 is 2.54 bits per heavy atom. The molecule has 72 valence electrons. The van der Waals surface area contributed by atoms with Crippen molar-refractivity contribution in [1.82, 2.24) is 0 Å². The second-order valence-electron chi connectivity index (χ2n) is 2.87. The third-order valence-electron chi connectivity index (χ3n) is 1.58. The SMILES string of the molecule is CC(CC(N)=S)OCc1ccco1. The average molecular weight is 199 g/mol. The minimum atomic E-state index is 0.0441. The van der Waals surface area contributed by atoms with Crippen LogP contribution in [-0.2, 0) is 11.3 Å². The average Bonchev–Trinajstić information content (AvgIpc) is 2.51. The molecule has 1 heterocycles. The smallest absolute Gasteiger partial charge is 0.129 e. The van der Waals surface area contributed by atoms with Crippen LogP contribution in [0.5, 0.6) is 0 Å². The van der Waals surface area contributed by atoms with E-state index in [0.29, 0.717) is 18.0 Å². The van der Waals surface area contributed by atoms with Gasteiger partial charge in [0, 0.05) is 6.42 Å². The quantitative estimate of drug-likeness (QED) is 0.735. The van der Waals surface area contributed by atoms with Crippen molar-refractivity contribution >= 4 is 17.2 Å². The molecule has 0 saturated heterocycles. The van der Waals surface area contributed by atoms with Gasteiger partial charge in [-0.2, -0.15) is 0 Å². The number of furan rings is 1. The van der Waals surface area contributed by atoms with E-state index in [1.165, 1.54) is 0 Å². The summed E-state index contributed by atoms with van der Waals surface area (Å²) in [6.45, 7) is 2.40. The maximum atomic E-state index is 5.44. The number of hydrogen-bond acceptors (Lipinski definition) is 3. The normalized spacial score (nSPS) is 12.7. The van der Waals surface area contributed by atoms with E-state index in [2.05, 4.69) is 0 Å². The molecule has 1 rings (SSSR count). The molecule has 13 heavy (non-hydrogen) atoms. The van der Waals surface area contributed by atoms with Crippen molar-refractivity contribution in [3.8, 4) is 0 Å². The van der Waals surface area contributed by atoms with Crippen LogP contribution in [-0.4, -0.2) is 11.1 Å². The zero-order valence-electron chi connectivity index (χ0n) is 7.53. The lowest BCUT2D eigenvalue weighted by Crippen LogP contribution is -2.18. The van der Waals surface area contributed by atoms with Crippen molar-refractivity contribution in [2.75, 3.05) is 0 Å². The van der Waals surface area contributed by atoms with E-state index in [1.54, 1.807) is 6.26 Å². The summed E-state index contributed by atoms with van der Waals surface area (Å²) < 4.78 is 10.5. The molecule has 0 amide bonds. The first kappa shape index (κ1) is 10.2. The molecule has 1 atom stereocenters. The molecular formula is C9H13NO2S. The van der Waals surface area contributed by atoms with Crippen LogP contribution in [0.15, 0.2) is 22.8 Å². The van der Waals surface area contributed by atoms with Gasteiger partial charge in [-0.25, -0.2) is 0 Å². The van der Waals surface area contributed by atoms with Gasteiger partial charge in [0.1, 0.15) is 12.4 Å². The van der Waals surface area contributed by atoms with E-state index < -0.39 is 0 Å². The van der Waals surface area contributed by atoms with E-state index in [-0.39, 0.29) is 6.10 Å². The Balaban J connectivity index is 2.22. The maximum Gasteiger partial charge on any atom is 0.129 e. The molecule has 4 heteroatoms. The van der Waals surface area contributed by atoms with Gasteiger partial charge in [-0.3, -0.25) is 0 Å². The zero-order chi connectivity index (χ0) is 9.68. The Kier molecular flexibility index (Phi) is 3.92. The minimum Gasteiger partial charge on any atom is -0.467 e. The van der Waals surface area contributed by atoms with Gasteiger partial charge in [-0.05, 0) is 19.1 Å². The Morgan fingerprint density at radius 1 is 1.77 bits per heavy atom. The zero-order valence-corrected chi connectivity index (χ0v) is 8.34. The van der Waals surface area contributed by atoms with E-state index in [0.717, 1.165) is 5.76 Å². The molecule has 0 saturated carbocycles. The maximum absolute atomic E-state index is 5.44. The van der Waals surface area contributed by atoms with Crippen molar-refractivity contribution < 1.29 is 9.15 Å². The minimum absolute atomic E-state index is 0.0441. The Labute approximate surface area is 82.9 Å². The van der Waals surface area contributed by atoms with E-state index in [1.807, 2.05) is 19.1 Å². The molecule has 1 unspecified atom stereocenters. The summed E-state index contributed by atoms with van der Waals surface area (Å²) in [4.78, 5) is 0.479. The fraction of sp³-hybridized carbons (Fsp3) is 0.444. The largest absolute Gasteiger partial charge is 0.467 e. The molecule has 0 aliphatic rings. The van der Waals surface area contributed by atoms with Crippen molar-refractivity contribution in [1.29, 1.82) is 0 Å². The lowest BCUT2D eigenvalue weighted by Gasteiger charge is -2.10. The second kappa shape index (κ2) is 4.99. The molecular weight excluding hydrogens is 186 g/mol. The van der Waals surface area contributed by atoms with Gasteiger partial charge in [-0.1, -0.05) is 12.2 Å². The van der Waals surface area contributed by atoms with Crippen LogP contribution >= 0.6 is 12.2 Å². The van der Waals surface area contributed by atoms with E-state index in [4.69, 9.17) is 27.1 Å². The summed E-state index contributed by atoms with van der Waals surface area (Å²) in [6, 6.07) is 3.70. The Morgan fingerprint density at radius 3 is 3.08 bits per heavy atom. The first-order valence-corrected chi connectivity index (χ1v) is 4.51. The second-order valence-corrected chi connectivity index (χ2v) is 3.40. The fourth-order valence-corrected chi connectivity index (χ4v) is 1.20. The van der Waals surface area contributed by atoms with Gasteiger partial charge in [0.2, 0.25) is 0 Å². The van der Waals surface area contributed by atoms with E-state index >= 15 is 0 Å². The molecule has 0 spiro atoms. The lowest BCUT2D eigenvalue weighted by molar-refractivity contribution is 0.0475. The Bertz CT molecular complexity index is 259. The van der Waals surface area contributed by atoms with Gasteiger partial charge in [0.15, 0.2) is 0 Å². The van der Waals surface area contributed by atoms with Crippen LogP contribution in [0, 0.1) is 0 Å². The summed E-state index contributed by atoms with van der Waals surface area (Å²) in [5.41, 5.74) is 5.37. The molecule has 0 aromatic carbocycles. The molecule has 0 fully saturated rings. The summed E-state index contributed by atoms with van der Waals surface area (Å²) in [5.74, 6) is 0.815. The van der Waals surface area contributed by atoms with Gasteiger partial charge in [-0.15, -0.1) is 0 Å². The molecule has 1 aromatic heterocycles. The highest BCUT2D eigenvalue weighted by molar-refractivity contribution is 7.80. The van der Waals surface area contributed by atoms with Crippen LogP contribution in [0.4, 0.5) is 0 Å². The number of ether oxygens (including phenoxy) is 1. The van der Waals surface area contributed by atoms with Crippen LogP contribution in [0.1, 0.15) is 19.1 Å². The molecule has 2 N–H and O–H groups in total. The number of hydrogen-bond donors (Lipinski definition) is 1. The monoisotopic (exact) mass is 199 g/mol. The highest BCUT2D eigenvalue weighted by Crippen LogP contribution is 2.06. The number of nitrogens with two attached hydrogens (primary N) is 1. The Hall–Kier alpha value is -0.870. The first-order valence-electron chi connectivity index (χ1n) is 4.11. The molecule has 3 nitrogen and oxygen atoms in total. The number of rotatable bonds is 5. The predicted molar refractivity (Wildman–Crippen MR) is 54.4 cm³/mol. The van der Waals surface area contributed by atoms with Crippen LogP contribution in [0.2, 0.25) is 0 Å². The van der Waals surface area contributed by atoms with Crippen LogP contribution in [0.3, 0.4) is 0 Å². The van der Waals surface area contributed by atoms with Crippen molar-refractivity contribution in [3.05, 3.63) is 24.2 Å². The van der Waals surface area contributed by atoms with Crippen LogP contribution in [0.25, 0.3) is 0 Å². The van der Waals surface area contributed by atoms with Crippen LogP contribution < -0.4 is 5.73 Å². The lowest BCUT2D eigenvalue weighted by atomic mass is 10.3. The van der Waals surface area contributed by atoms with Crippen molar-refractivity contribution in [2.45, 2.75) is 26.1 Å². The van der Waals surface area contributed by atoms with Gasteiger partial charge >= 0.3 is 0 Å². The fourth-order valence-electron chi connectivity index (χ4n) is 0.961. The summed E-state index contributed by atoms with van der Waals surface area (Å²) in [7, 11) is 0. The summed E-state index contributed by atoms with van der Waals surface area (Å²) in [6.07, 6.45) is 2.27. The molecule has 1 aromatic rings. The summed E-state index contributed by atoms with van der Waals surface area (Å²) in [5, 5.41) is 0. The van der Waals surface area contributed by atoms with E-state index in [9.17, 15) is 0 Å². The summed E-state index contributed by atoms with van der Waals surface area (Å²) >= 11 is 4.76. The molecule has 0 aliphatic carbocycles. The highest BCUT2D eigenvalue weighted by Gasteiger charge is 2.04. The van der Waals surface area contributed by atoms with Crippen molar-refractivity contribution in [3.63, 3.8) is 0 Å². The number of thiocarbonyl (C=S) groups is 1. The third-order valence-corrected chi connectivity index (χ3v) is 1.75. The topological polar surface area (TPSA) is 48.4 Å². The van der Waals surface area contributed by atoms with Crippen molar-refractivity contribution in [2.24, 2.45) is 5.73 Å². The predicted octanol–water partition coefficient (Wildman–Crippen LogP) is 1.86. The molecule has 0 bridgehead atoms. The molecule has 0 radical (unpaired) electrons.